The Kier molecular flexibility index (Phi) is 5.92. The van der Waals surface area contributed by atoms with Gasteiger partial charge in [0.15, 0.2) is 0 Å². The summed E-state index contributed by atoms with van der Waals surface area (Å²) in [5.41, 5.74) is 2.87. The second-order valence-electron chi connectivity index (χ2n) is 5.07. The Morgan fingerprint density at radius 2 is 2.25 bits per heavy atom. The predicted molar refractivity (Wildman–Crippen MR) is 84.1 cm³/mol. The summed E-state index contributed by atoms with van der Waals surface area (Å²) < 4.78 is 4.70. The molecule has 1 aromatic rings. The van der Waals surface area contributed by atoms with Crippen molar-refractivity contribution in [3.63, 3.8) is 0 Å². The number of hydrogen-bond donors (Lipinski definition) is 1. The number of fused-ring (bicyclic) bond motifs is 1. The summed E-state index contributed by atoms with van der Waals surface area (Å²) >= 11 is 1.88. The van der Waals surface area contributed by atoms with Gasteiger partial charge in [-0.05, 0) is 30.5 Å². The SMILES string of the molecule is CCCNC1c2ccccc2CC1SCCC(=O)OC. The van der Waals surface area contributed by atoms with Gasteiger partial charge in [-0.2, -0.15) is 11.8 Å². The number of benzene rings is 1. The van der Waals surface area contributed by atoms with Crippen molar-refractivity contribution >= 4 is 17.7 Å². The zero-order valence-electron chi connectivity index (χ0n) is 12.2. The quantitative estimate of drug-likeness (QED) is 0.785. The molecule has 1 aliphatic rings. The Labute approximate surface area is 125 Å². The van der Waals surface area contributed by atoms with E-state index in [1.165, 1.54) is 18.2 Å². The van der Waals surface area contributed by atoms with Crippen molar-refractivity contribution in [1.82, 2.24) is 5.32 Å². The number of esters is 1. The maximum Gasteiger partial charge on any atom is 0.306 e. The maximum absolute atomic E-state index is 11.2. The molecular formula is C16H23NO2S. The Balaban J connectivity index is 1.96. The molecule has 0 spiro atoms. The highest BCUT2D eigenvalue weighted by molar-refractivity contribution is 8.00. The van der Waals surface area contributed by atoms with Crippen molar-refractivity contribution in [2.75, 3.05) is 19.4 Å². The van der Waals surface area contributed by atoms with Crippen LogP contribution in [0.3, 0.4) is 0 Å². The zero-order chi connectivity index (χ0) is 14.4. The number of nitrogens with one attached hydrogen (secondary N) is 1. The van der Waals surface area contributed by atoms with Crippen LogP contribution in [0.5, 0.6) is 0 Å². The fourth-order valence-electron chi connectivity index (χ4n) is 2.65. The molecular weight excluding hydrogens is 270 g/mol. The molecule has 0 fully saturated rings. The molecule has 2 atom stereocenters. The number of carbonyl (C=O) groups excluding carboxylic acids is 1. The number of rotatable bonds is 7. The highest BCUT2D eigenvalue weighted by Crippen LogP contribution is 2.38. The van der Waals surface area contributed by atoms with Crippen molar-refractivity contribution < 1.29 is 9.53 Å². The standard InChI is InChI=1S/C16H23NO2S/c1-3-9-17-16-13-7-5-4-6-12(13)11-14(16)20-10-8-15(18)19-2/h4-7,14,16-17H,3,8-11H2,1-2H3. The van der Waals surface area contributed by atoms with E-state index < -0.39 is 0 Å². The molecule has 110 valence electrons. The summed E-state index contributed by atoms with van der Waals surface area (Å²) in [5, 5.41) is 4.17. The van der Waals surface area contributed by atoms with Gasteiger partial charge in [0.25, 0.3) is 0 Å². The lowest BCUT2D eigenvalue weighted by atomic mass is 10.1. The number of methoxy groups -OCH3 is 1. The smallest absolute Gasteiger partial charge is 0.306 e. The first-order chi connectivity index (χ1) is 9.76. The van der Waals surface area contributed by atoms with E-state index in [1.54, 1.807) is 0 Å². The van der Waals surface area contributed by atoms with E-state index in [0.29, 0.717) is 17.7 Å². The molecule has 0 radical (unpaired) electrons. The monoisotopic (exact) mass is 293 g/mol. The van der Waals surface area contributed by atoms with Crippen LogP contribution in [0.25, 0.3) is 0 Å². The molecule has 1 aliphatic carbocycles. The van der Waals surface area contributed by atoms with E-state index in [0.717, 1.165) is 25.1 Å². The normalized spacial score (nSPS) is 20.7. The summed E-state index contributed by atoms with van der Waals surface area (Å²) in [6.07, 6.45) is 2.72. The third-order valence-corrected chi connectivity index (χ3v) is 4.97. The lowest BCUT2D eigenvalue weighted by Crippen LogP contribution is -2.28. The van der Waals surface area contributed by atoms with Crippen LogP contribution in [-0.4, -0.2) is 30.6 Å². The summed E-state index contributed by atoms with van der Waals surface area (Å²) in [6, 6.07) is 9.08. The molecule has 0 amide bonds. The van der Waals surface area contributed by atoms with E-state index in [9.17, 15) is 4.79 Å². The molecule has 1 aromatic carbocycles. The van der Waals surface area contributed by atoms with Crippen molar-refractivity contribution in [3.8, 4) is 0 Å². The van der Waals surface area contributed by atoms with Gasteiger partial charge in [0.2, 0.25) is 0 Å². The minimum Gasteiger partial charge on any atom is -0.469 e. The minimum atomic E-state index is -0.119. The number of ether oxygens (including phenoxy) is 1. The van der Waals surface area contributed by atoms with E-state index in [1.807, 2.05) is 11.8 Å². The molecule has 20 heavy (non-hydrogen) atoms. The third-order valence-electron chi connectivity index (χ3n) is 3.66. The van der Waals surface area contributed by atoms with Crippen LogP contribution in [0.4, 0.5) is 0 Å². The lowest BCUT2D eigenvalue weighted by Gasteiger charge is -2.21. The van der Waals surface area contributed by atoms with Crippen LogP contribution in [0.15, 0.2) is 24.3 Å². The first-order valence-corrected chi connectivity index (χ1v) is 8.30. The topological polar surface area (TPSA) is 38.3 Å². The molecule has 3 nitrogen and oxygen atoms in total. The summed E-state index contributed by atoms with van der Waals surface area (Å²) in [6.45, 7) is 3.22. The average Bonchev–Trinajstić information content (AvgIpc) is 2.82. The lowest BCUT2D eigenvalue weighted by molar-refractivity contribution is -0.140. The Hall–Kier alpha value is -1.00. The van der Waals surface area contributed by atoms with Crippen LogP contribution in [0, 0.1) is 0 Å². The minimum absolute atomic E-state index is 0.119. The average molecular weight is 293 g/mol. The molecule has 0 saturated heterocycles. The van der Waals surface area contributed by atoms with Gasteiger partial charge in [-0.25, -0.2) is 0 Å². The van der Waals surface area contributed by atoms with Gasteiger partial charge in [0, 0.05) is 17.0 Å². The van der Waals surface area contributed by atoms with Crippen molar-refractivity contribution in [1.29, 1.82) is 0 Å². The Morgan fingerprint density at radius 3 is 3.00 bits per heavy atom. The van der Waals surface area contributed by atoms with Crippen LogP contribution < -0.4 is 5.32 Å². The molecule has 1 N–H and O–H groups in total. The Bertz CT molecular complexity index is 450. The second-order valence-corrected chi connectivity index (χ2v) is 6.42. The predicted octanol–water partition coefficient (Wildman–Crippen LogP) is 2.95. The van der Waals surface area contributed by atoms with E-state index in [2.05, 4.69) is 36.5 Å². The highest BCUT2D eigenvalue weighted by Gasteiger charge is 2.31. The zero-order valence-corrected chi connectivity index (χ0v) is 13.0. The first-order valence-electron chi connectivity index (χ1n) is 7.25. The molecule has 4 heteroatoms. The van der Waals surface area contributed by atoms with Gasteiger partial charge < -0.3 is 10.1 Å². The molecule has 2 rings (SSSR count). The molecule has 0 heterocycles. The first kappa shape index (κ1) is 15.4. The third kappa shape index (κ3) is 3.76. The molecule has 0 saturated carbocycles. The largest absolute Gasteiger partial charge is 0.469 e. The number of carbonyl (C=O) groups is 1. The fraction of sp³-hybridized carbons (Fsp3) is 0.562. The van der Waals surface area contributed by atoms with Crippen LogP contribution in [0.1, 0.15) is 36.9 Å². The van der Waals surface area contributed by atoms with Gasteiger partial charge in [0.1, 0.15) is 0 Å². The molecule has 0 bridgehead atoms. The van der Waals surface area contributed by atoms with Crippen molar-refractivity contribution in [2.24, 2.45) is 0 Å². The van der Waals surface area contributed by atoms with Crippen LogP contribution >= 0.6 is 11.8 Å². The maximum atomic E-state index is 11.2. The molecule has 0 aromatic heterocycles. The fourth-order valence-corrected chi connectivity index (χ4v) is 3.97. The summed E-state index contributed by atoms with van der Waals surface area (Å²) in [5.74, 6) is 0.710. The van der Waals surface area contributed by atoms with Gasteiger partial charge in [0.05, 0.1) is 13.5 Å². The number of hydrogen-bond acceptors (Lipinski definition) is 4. The van der Waals surface area contributed by atoms with Gasteiger partial charge in [-0.1, -0.05) is 31.2 Å². The van der Waals surface area contributed by atoms with Crippen LogP contribution in [-0.2, 0) is 16.0 Å². The van der Waals surface area contributed by atoms with Crippen LogP contribution in [0.2, 0.25) is 0 Å². The molecule has 2 unspecified atom stereocenters. The van der Waals surface area contributed by atoms with Crippen molar-refractivity contribution in [2.45, 2.75) is 37.5 Å². The van der Waals surface area contributed by atoms with Gasteiger partial charge in [-0.3, -0.25) is 4.79 Å². The summed E-state index contributed by atoms with van der Waals surface area (Å²) in [7, 11) is 1.45. The number of thioether (sulfide) groups is 1. The van der Waals surface area contributed by atoms with Crippen molar-refractivity contribution in [3.05, 3.63) is 35.4 Å². The molecule has 0 aliphatic heterocycles. The van der Waals surface area contributed by atoms with Gasteiger partial charge >= 0.3 is 5.97 Å². The van der Waals surface area contributed by atoms with Gasteiger partial charge in [-0.15, -0.1) is 0 Å². The van der Waals surface area contributed by atoms with E-state index in [-0.39, 0.29) is 5.97 Å². The Morgan fingerprint density at radius 1 is 1.45 bits per heavy atom. The highest BCUT2D eigenvalue weighted by atomic mass is 32.2. The van der Waals surface area contributed by atoms with E-state index in [4.69, 9.17) is 4.74 Å². The van der Waals surface area contributed by atoms with E-state index >= 15 is 0 Å². The second kappa shape index (κ2) is 7.70. The summed E-state index contributed by atoms with van der Waals surface area (Å²) in [4.78, 5) is 11.2.